The molecule has 0 spiro atoms. The van der Waals surface area contributed by atoms with Gasteiger partial charge in [0, 0.05) is 45.6 Å². The number of anilines is 1. The van der Waals surface area contributed by atoms with Gasteiger partial charge in [-0.05, 0) is 54.7 Å². The van der Waals surface area contributed by atoms with Crippen molar-refractivity contribution in [3.8, 4) is 0 Å². The van der Waals surface area contributed by atoms with Gasteiger partial charge in [-0.2, -0.15) is 0 Å². The zero-order valence-electron chi connectivity index (χ0n) is 17.7. The Hall–Kier alpha value is -2.92. The minimum Gasteiger partial charge on any atom is -0.362 e. The molecule has 6 heteroatoms. The fraction of sp³-hybridized carbons (Fsp3) is 0.280. The summed E-state index contributed by atoms with van der Waals surface area (Å²) in [7, 11) is 0. The van der Waals surface area contributed by atoms with Crippen molar-refractivity contribution in [3.05, 3.63) is 87.5 Å². The van der Waals surface area contributed by atoms with Crippen molar-refractivity contribution in [1.29, 1.82) is 0 Å². The molecule has 1 amide bonds. The number of dihydropyridines is 1. The molecule has 0 aromatic heterocycles. The molecule has 4 nitrogen and oxygen atoms in total. The lowest BCUT2D eigenvalue weighted by Gasteiger charge is -2.39. The Morgan fingerprint density at radius 3 is 2.55 bits per heavy atom. The second-order valence-electron chi connectivity index (χ2n) is 8.95. The Bertz CT molecular complexity index is 1130. The standard InChI is InChI=1S/C25H24ClFN2O2/c1-14-21(24(31)29-18-6-4-5-17(27)11-18)22(15-7-9-16(26)10-8-15)23-19(28-14)12-25(2,3)13-20(23)30/h4-11,22,28H,12-13H2,1-3H3,(H,29,31). The molecule has 31 heavy (non-hydrogen) atoms. The van der Waals surface area contributed by atoms with E-state index in [0.717, 1.165) is 11.3 Å². The average molecular weight is 439 g/mol. The maximum absolute atomic E-state index is 13.6. The summed E-state index contributed by atoms with van der Waals surface area (Å²) in [6.07, 6.45) is 1.13. The summed E-state index contributed by atoms with van der Waals surface area (Å²) in [5, 5.41) is 6.68. The van der Waals surface area contributed by atoms with Crippen LogP contribution in [0.2, 0.25) is 5.02 Å². The number of benzene rings is 2. The summed E-state index contributed by atoms with van der Waals surface area (Å²) in [5.74, 6) is -1.30. The smallest absolute Gasteiger partial charge is 0.254 e. The van der Waals surface area contributed by atoms with Gasteiger partial charge in [0.25, 0.3) is 5.91 Å². The van der Waals surface area contributed by atoms with Gasteiger partial charge in [0.15, 0.2) is 5.78 Å². The van der Waals surface area contributed by atoms with E-state index in [2.05, 4.69) is 24.5 Å². The third-order valence-corrected chi connectivity index (χ3v) is 6.02. The van der Waals surface area contributed by atoms with E-state index in [1.54, 1.807) is 18.2 Å². The zero-order valence-corrected chi connectivity index (χ0v) is 18.4. The van der Waals surface area contributed by atoms with Crippen molar-refractivity contribution in [3.63, 3.8) is 0 Å². The average Bonchev–Trinajstić information content (AvgIpc) is 2.66. The minimum absolute atomic E-state index is 0.0299. The van der Waals surface area contributed by atoms with Gasteiger partial charge < -0.3 is 10.6 Å². The number of hydrogen-bond acceptors (Lipinski definition) is 3. The quantitative estimate of drug-likeness (QED) is 0.644. The number of carbonyl (C=O) groups excluding carboxylic acids is 2. The summed E-state index contributed by atoms with van der Waals surface area (Å²) >= 11 is 6.09. The Labute approximate surface area is 186 Å². The first-order valence-electron chi connectivity index (χ1n) is 10.2. The van der Waals surface area contributed by atoms with E-state index in [0.29, 0.717) is 40.4 Å². The lowest BCUT2D eigenvalue weighted by molar-refractivity contribution is -0.118. The molecular weight excluding hydrogens is 415 g/mol. The van der Waals surface area contributed by atoms with Crippen LogP contribution in [0.4, 0.5) is 10.1 Å². The highest BCUT2D eigenvalue weighted by molar-refractivity contribution is 6.30. The van der Waals surface area contributed by atoms with Crippen molar-refractivity contribution >= 4 is 29.0 Å². The predicted molar refractivity (Wildman–Crippen MR) is 120 cm³/mol. The van der Waals surface area contributed by atoms with Gasteiger partial charge in [0.2, 0.25) is 0 Å². The maximum Gasteiger partial charge on any atom is 0.254 e. The number of hydrogen-bond donors (Lipinski definition) is 2. The van der Waals surface area contributed by atoms with E-state index in [-0.39, 0.29) is 17.1 Å². The largest absolute Gasteiger partial charge is 0.362 e. The van der Waals surface area contributed by atoms with Gasteiger partial charge in [0.05, 0.1) is 0 Å². The molecule has 0 saturated heterocycles. The van der Waals surface area contributed by atoms with Gasteiger partial charge in [-0.3, -0.25) is 9.59 Å². The molecule has 0 saturated carbocycles. The number of carbonyl (C=O) groups is 2. The van der Waals surface area contributed by atoms with Crippen molar-refractivity contribution in [2.75, 3.05) is 5.32 Å². The summed E-state index contributed by atoms with van der Waals surface area (Å²) in [6.45, 7) is 5.97. The fourth-order valence-electron chi connectivity index (χ4n) is 4.49. The molecule has 1 heterocycles. The van der Waals surface area contributed by atoms with Crippen LogP contribution in [0.15, 0.2) is 71.1 Å². The molecule has 0 fully saturated rings. The molecule has 2 aliphatic rings. The minimum atomic E-state index is -0.523. The Kier molecular flexibility index (Phi) is 5.48. The zero-order chi connectivity index (χ0) is 22.3. The van der Waals surface area contributed by atoms with Crippen LogP contribution in [-0.2, 0) is 9.59 Å². The first kappa shape index (κ1) is 21.3. The summed E-state index contributed by atoms with van der Waals surface area (Å²) in [4.78, 5) is 26.6. The number of nitrogens with one attached hydrogen (secondary N) is 2. The van der Waals surface area contributed by atoms with Crippen molar-refractivity contribution in [2.45, 2.75) is 39.5 Å². The molecule has 1 atom stereocenters. The highest BCUT2D eigenvalue weighted by Gasteiger charge is 2.42. The Morgan fingerprint density at radius 1 is 1.16 bits per heavy atom. The second kappa shape index (κ2) is 7.97. The number of amides is 1. The number of ketones is 1. The number of allylic oxidation sites excluding steroid dienone is 3. The Morgan fingerprint density at radius 2 is 1.87 bits per heavy atom. The van der Waals surface area contributed by atoms with E-state index in [1.807, 2.05) is 19.1 Å². The van der Waals surface area contributed by atoms with E-state index < -0.39 is 11.7 Å². The first-order chi connectivity index (χ1) is 14.6. The highest BCUT2D eigenvalue weighted by atomic mass is 35.5. The normalized spacial score (nSPS) is 20.3. The van der Waals surface area contributed by atoms with Crippen LogP contribution in [0.1, 0.15) is 45.1 Å². The van der Waals surface area contributed by atoms with Crippen LogP contribution in [0, 0.1) is 11.2 Å². The van der Waals surface area contributed by atoms with Crippen LogP contribution in [0.5, 0.6) is 0 Å². The van der Waals surface area contributed by atoms with Crippen LogP contribution >= 0.6 is 11.6 Å². The van der Waals surface area contributed by atoms with Crippen LogP contribution in [0.25, 0.3) is 0 Å². The number of rotatable bonds is 3. The van der Waals surface area contributed by atoms with Crippen LogP contribution in [0.3, 0.4) is 0 Å². The molecular formula is C25H24ClFN2O2. The molecule has 1 aliphatic heterocycles. The maximum atomic E-state index is 13.6. The summed E-state index contributed by atoms with van der Waals surface area (Å²) in [5.41, 5.74) is 3.62. The number of Topliss-reactive ketones (excluding diaryl/α,β-unsaturated/α-hetero) is 1. The topological polar surface area (TPSA) is 58.2 Å². The lowest BCUT2D eigenvalue weighted by Crippen LogP contribution is -2.39. The second-order valence-corrected chi connectivity index (χ2v) is 9.38. The van der Waals surface area contributed by atoms with Crippen LogP contribution in [-0.4, -0.2) is 11.7 Å². The van der Waals surface area contributed by atoms with Gasteiger partial charge in [-0.1, -0.05) is 43.6 Å². The first-order valence-corrected chi connectivity index (χ1v) is 10.6. The molecule has 2 N–H and O–H groups in total. The molecule has 4 rings (SSSR count). The third kappa shape index (κ3) is 4.28. The monoisotopic (exact) mass is 438 g/mol. The van der Waals surface area contributed by atoms with E-state index >= 15 is 0 Å². The lowest BCUT2D eigenvalue weighted by atomic mass is 9.68. The van der Waals surface area contributed by atoms with Crippen molar-refractivity contribution in [2.24, 2.45) is 5.41 Å². The van der Waals surface area contributed by atoms with Crippen molar-refractivity contribution in [1.82, 2.24) is 5.32 Å². The predicted octanol–water partition coefficient (Wildman–Crippen LogP) is 5.72. The van der Waals surface area contributed by atoms with Gasteiger partial charge in [-0.15, -0.1) is 0 Å². The van der Waals surface area contributed by atoms with Gasteiger partial charge >= 0.3 is 0 Å². The molecule has 1 unspecified atom stereocenters. The summed E-state index contributed by atoms with van der Waals surface area (Å²) < 4.78 is 13.6. The van der Waals surface area contributed by atoms with E-state index in [9.17, 15) is 14.0 Å². The number of halogens is 2. The molecule has 0 bridgehead atoms. The molecule has 1 aliphatic carbocycles. The van der Waals surface area contributed by atoms with Gasteiger partial charge in [0.1, 0.15) is 5.82 Å². The molecule has 2 aromatic rings. The molecule has 160 valence electrons. The Balaban J connectivity index is 1.80. The van der Waals surface area contributed by atoms with Crippen LogP contribution < -0.4 is 10.6 Å². The summed E-state index contributed by atoms with van der Waals surface area (Å²) in [6, 6.07) is 13.0. The van der Waals surface area contributed by atoms with Gasteiger partial charge in [-0.25, -0.2) is 4.39 Å². The van der Waals surface area contributed by atoms with E-state index in [1.165, 1.54) is 18.2 Å². The molecule has 2 aromatic carbocycles. The fourth-order valence-corrected chi connectivity index (χ4v) is 4.62. The van der Waals surface area contributed by atoms with E-state index in [4.69, 9.17) is 11.6 Å². The SMILES string of the molecule is CC1=C(C(=O)Nc2cccc(F)c2)C(c2ccc(Cl)cc2)C2=C(CC(C)(C)CC2=O)N1. The molecule has 0 radical (unpaired) electrons. The highest BCUT2D eigenvalue weighted by Crippen LogP contribution is 2.46. The van der Waals surface area contributed by atoms with Crippen molar-refractivity contribution < 1.29 is 14.0 Å². The third-order valence-electron chi connectivity index (χ3n) is 5.77.